The summed E-state index contributed by atoms with van der Waals surface area (Å²) in [4.78, 5) is 27.3. The number of methoxy groups -OCH3 is 1. The molecule has 2 amide bonds. The Balaban J connectivity index is 2.36. The van der Waals surface area contributed by atoms with Crippen molar-refractivity contribution in [3.8, 4) is 0 Å². The minimum absolute atomic E-state index is 0.185. The fourth-order valence-corrected chi connectivity index (χ4v) is 2.19. The molecule has 0 aromatic carbocycles. The topological polar surface area (TPSA) is 80.3 Å². The average molecular weight is 354 g/mol. The lowest BCUT2D eigenvalue weighted by Gasteiger charge is -2.13. The molecular weight excluding hydrogens is 341 g/mol. The molecule has 1 heterocycles. The molecule has 1 aliphatic rings. The number of rotatable bonds is 5. The predicted molar refractivity (Wildman–Crippen MR) is 88.0 cm³/mol. The van der Waals surface area contributed by atoms with E-state index in [1.54, 1.807) is 24.3 Å². The van der Waals surface area contributed by atoms with Crippen molar-refractivity contribution in [1.82, 2.24) is 10.3 Å². The van der Waals surface area contributed by atoms with Gasteiger partial charge in [0.1, 0.15) is 11.6 Å². The molecule has 1 aromatic rings. The van der Waals surface area contributed by atoms with Gasteiger partial charge in [0.2, 0.25) is 6.41 Å². The van der Waals surface area contributed by atoms with Crippen LogP contribution in [0, 0.1) is 0 Å². The summed E-state index contributed by atoms with van der Waals surface area (Å²) in [7, 11) is 1.42. The number of alkyl halides is 1. The van der Waals surface area contributed by atoms with E-state index in [-0.39, 0.29) is 17.0 Å². The number of allylic oxidation sites excluding steroid dienone is 2. The van der Waals surface area contributed by atoms with Crippen LogP contribution in [0.15, 0.2) is 53.6 Å². The van der Waals surface area contributed by atoms with Gasteiger partial charge in [0, 0.05) is 6.20 Å². The summed E-state index contributed by atoms with van der Waals surface area (Å²) in [6.07, 6.45) is 6.55. The van der Waals surface area contributed by atoms with E-state index in [1.807, 2.05) is 0 Å². The summed E-state index contributed by atoms with van der Waals surface area (Å²) >= 11 is 11.8. The number of anilines is 1. The first-order valence-corrected chi connectivity index (χ1v) is 7.32. The minimum atomic E-state index is -0.479. The molecular formula is C15H13Cl2N3O3. The van der Waals surface area contributed by atoms with Crippen LogP contribution in [-0.2, 0) is 14.3 Å². The number of hydrogen-bond donors (Lipinski definition) is 2. The van der Waals surface area contributed by atoms with E-state index in [1.165, 1.54) is 19.4 Å². The number of ether oxygens (including phenoxy) is 1. The molecule has 1 aromatic heterocycles. The Hall–Kier alpha value is -2.31. The molecule has 120 valence electrons. The van der Waals surface area contributed by atoms with Crippen LogP contribution in [0.5, 0.6) is 0 Å². The molecule has 2 rings (SSSR count). The molecule has 6 nitrogen and oxygen atoms in total. The molecule has 0 saturated carbocycles. The van der Waals surface area contributed by atoms with Gasteiger partial charge >= 0.3 is 0 Å². The molecule has 23 heavy (non-hydrogen) atoms. The van der Waals surface area contributed by atoms with Gasteiger partial charge in [0.05, 0.1) is 28.8 Å². The van der Waals surface area contributed by atoms with Crippen molar-refractivity contribution in [1.29, 1.82) is 0 Å². The summed E-state index contributed by atoms with van der Waals surface area (Å²) in [5, 5.41) is 5.05. The highest BCUT2D eigenvalue weighted by molar-refractivity contribution is 6.30. The normalized spacial score (nSPS) is 17.2. The van der Waals surface area contributed by atoms with Crippen LogP contribution in [0.2, 0.25) is 5.02 Å². The molecule has 0 fully saturated rings. The van der Waals surface area contributed by atoms with Gasteiger partial charge in [-0.25, -0.2) is 4.98 Å². The van der Waals surface area contributed by atoms with Crippen LogP contribution in [0.1, 0.15) is 0 Å². The smallest absolute Gasteiger partial charge is 0.259 e. The molecule has 1 aliphatic carbocycles. The third kappa shape index (κ3) is 4.34. The number of aromatic nitrogens is 1. The maximum Gasteiger partial charge on any atom is 0.259 e. The van der Waals surface area contributed by atoms with E-state index < -0.39 is 11.3 Å². The van der Waals surface area contributed by atoms with E-state index in [2.05, 4.69) is 15.6 Å². The lowest BCUT2D eigenvalue weighted by Crippen LogP contribution is -2.22. The standard InChI is InChI=1S/C15H13Cl2N3O3/c1-23-12-6-9(16)2-4-11(14(12)19-8-21)15(22)20-13-5-3-10(17)7-18-13/h2-9H,1H3,(H,19,21)(H,18,20,22). The molecule has 1 unspecified atom stereocenters. The fraction of sp³-hybridized carbons (Fsp3) is 0.133. The van der Waals surface area contributed by atoms with Crippen molar-refractivity contribution >= 4 is 41.3 Å². The number of carbonyl (C=O) groups excluding carboxylic acids is 2. The fourth-order valence-electron chi connectivity index (χ4n) is 1.89. The monoisotopic (exact) mass is 353 g/mol. The highest BCUT2D eigenvalue weighted by Crippen LogP contribution is 2.22. The quantitative estimate of drug-likeness (QED) is 0.629. The molecule has 0 saturated heterocycles. The molecule has 0 radical (unpaired) electrons. The SMILES string of the molecule is COC1=CC(Cl)C=CC(C(=O)Nc2ccc(Cl)cn2)=C1NC=O. The summed E-state index contributed by atoms with van der Waals surface area (Å²) in [5.74, 6) is 0.130. The zero-order chi connectivity index (χ0) is 16.8. The number of nitrogens with one attached hydrogen (secondary N) is 2. The van der Waals surface area contributed by atoms with Crippen LogP contribution < -0.4 is 10.6 Å². The first kappa shape index (κ1) is 17.1. The molecule has 0 spiro atoms. The van der Waals surface area contributed by atoms with Crippen molar-refractivity contribution in [2.75, 3.05) is 12.4 Å². The van der Waals surface area contributed by atoms with Crippen LogP contribution >= 0.6 is 23.2 Å². The first-order chi connectivity index (χ1) is 11.0. The number of halogens is 2. The molecule has 1 atom stereocenters. The number of nitrogens with zero attached hydrogens (tertiary/aromatic N) is 1. The van der Waals surface area contributed by atoms with Gasteiger partial charge in [-0.2, -0.15) is 0 Å². The summed E-state index contributed by atoms with van der Waals surface area (Å²) < 4.78 is 5.20. The molecule has 8 heteroatoms. The predicted octanol–water partition coefficient (Wildman–Crippen LogP) is 2.38. The largest absolute Gasteiger partial charge is 0.495 e. The Bertz CT molecular complexity index is 696. The second-order valence-electron chi connectivity index (χ2n) is 4.41. The van der Waals surface area contributed by atoms with Gasteiger partial charge < -0.3 is 15.4 Å². The Kier molecular flexibility index (Phi) is 5.78. The van der Waals surface area contributed by atoms with Gasteiger partial charge in [-0.15, -0.1) is 11.6 Å². The van der Waals surface area contributed by atoms with Crippen molar-refractivity contribution < 1.29 is 14.3 Å². The number of hydrogen-bond acceptors (Lipinski definition) is 4. The second kappa shape index (κ2) is 7.80. The van der Waals surface area contributed by atoms with Crippen LogP contribution in [0.3, 0.4) is 0 Å². The Morgan fingerprint density at radius 3 is 2.83 bits per heavy atom. The van der Waals surface area contributed by atoms with Crippen LogP contribution in [-0.4, -0.2) is 29.8 Å². The maximum absolute atomic E-state index is 12.5. The van der Waals surface area contributed by atoms with Crippen LogP contribution in [0.25, 0.3) is 0 Å². The van der Waals surface area contributed by atoms with Crippen molar-refractivity contribution in [2.24, 2.45) is 0 Å². The highest BCUT2D eigenvalue weighted by atomic mass is 35.5. The number of amides is 2. The van der Waals surface area contributed by atoms with Gasteiger partial charge in [-0.1, -0.05) is 17.7 Å². The zero-order valence-corrected chi connectivity index (χ0v) is 13.6. The van der Waals surface area contributed by atoms with Crippen molar-refractivity contribution in [2.45, 2.75) is 5.38 Å². The minimum Gasteiger partial charge on any atom is -0.495 e. The number of pyridine rings is 1. The Morgan fingerprint density at radius 2 is 2.22 bits per heavy atom. The lowest BCUT2D eigenvalue weighted by molar-refractivity contribution is -0.112. The Morgan fingerprint density at radius 1 is 1.43 bits per heavy atom. The van der Waals surface area contributed by atoms with Crippen molar-refractivity contribution in [3.05, 3.63) is 58.6 Å². The van der Waals surface area contributed by atoms with Crippen molar-refractivity contribution in [3.63, 3.8) is 0 Å². The molecule has 2 N–H and O–H groups in total. The van der Waals surface area contributed by atoms with E-state index in [9.17, 15) is 9.59 Å². The van der Waals surface area contributed by atoms with E-state index in [0.29, 0.717) is 17.3 Å². The summed E-state index contributed by atoms with van der Waals surface area (Å²) in [6.45, 7) is 0. The highest BCUT2D eigenvalue weighted by Gasteiger charge is 2.21. The van der Waals surface area contributed by atoms with E-state index >= 15 is 0 Å². The Labute approximate surface area is 142 Å². The van der Waals surface area contributed by atoms with Gasteiger partial charge in [-0.3, -0.25) is 9.59 Å². The second-order valence-corrected chi connectivity index (χ2v) is 5.35. The third-order valence-electron chi connectivity index (χ3n) is 2.91. The van der Waals surface area contributed by atoms with Gasteiger partial charge in [0.25, 0.3) is 5.91 Å². The van der Waals surface area contributed by atoms with E-state index in [4.69, 9.17) is 27.9 Å². The summed E-state index contributed by atoms with van der Waals surface area (Å²) in [6, 6.07) is 3.16. The molecule has 0 aliphatic heterocycles. The molecule has 0 bridgehead atoms. The average Bonchev–Trinajstić information content (AvgIpc) is 2.69. The van der Waals surface area contributed by atoms with Crippen LogP contribution in [0.4, 0.5) is 5.82 Å². The number of carbonyl (C=O) groups is 2. The van der Waals surface area contributed by atoms with E-state index in [0.717, 1.165) is 0 Å². The van der Waals surface area contributed by atoms with Gasteiger partial charge in [-0.05, 0) is 24.3 Å². The summed E-state index contributed by atoms with van der Waals surface area (Å²) in [5.41, 5.74) is 0.401. The lowest BCUT2D eigenvalue weighted by atomic mass is 10.1. The first-order valence-electron chi connectivity index (χ1n) is 6.51. The maximum atomic E-state index is 12.5. The van der Waals surface area contributed by atoms with Gasteiger partial charge in [0.15, 0.2) is 0 Å². The third-order valence-corrected chi connectivity index (χ3v) is 3.40. The zero-order valence-electron chi connectivity index (χ0n) is 12.0.